The lowest BCUT2D eigenvalue weighted by atomic mass is 10.2. The molecule has 6 nitrogen and oxygen atoms in total. The molecule has 0 spiro atoms. The molecule has 0 aliphatic carbocycles. The molecule has 0 aromatic heterocycles. The number of hydrogen-bond acceptors (Lipinski definition) is 6. The third-order valence-electron chi connectivity index (χ3n) is 1.60. The topological polar surface area (TPSA) is 127 Å². The number of rotatable bonds is 11. The van der Waals surface area contributed by atoms with Crippen LogP contribution in [0.5, 0.6) is 0 Å². The molecule has 8 heteroatoms. The Morgan fingerprint density at radius 3 is 1.69 bits per heavy atom. The van der Waals surface area contributed by atoms with Crippen LogP contribution >= 0.6 is 21.6 Å². The molecule has 0 heterocycles. The minimum atomic E-state index is -1.23. The van der Waals surface area contributed by atoms with Crippen LogP contribution in [0.15, 0.2) is 0 Å². The highest BCUT2D eigenvalue weighted by molar-refractivity contribution is 8.76. The summed E-state index contributed by atoms with van der Waals surface area (Å²) in [6.45, 7) is 0. The van der Waals surface area contributed by atoms with Crippen LogP contribution in [0.2, 0.25) is 5.65 Å². The predicted octanol–water partition coefficient (Wildman–Crippen LogP) is -0.0282. The molecular formula is C8H16N2O4S2. The first-order valence-electron chi connectivity index (χ1n) is 6.30. The molecule has 0 aromatic carbocycles. The smallest absolute Gasteiger partial charge is 0.320 e. The number of carboxylic acid groups (broad SMARTS) is 2. The van der Waals surface area contributed by atoms with Crippen molar-refractivity contribution in [3.8, 4) is 0 Å². The van der Waals surface area contributed by atoms with Crippen LogP contribution in [-0.4, -0.2) is 45.7 Å². The molecule has 0 saturated heterocycles. The van der Waals surface area contributed by atoms with Gasteiger partial charge in [0.15, 0.2) is 0 Å². The van der Waals surface area contributed by atoms with Crippen LogP contribution in [0.3, 0.4) is 0 Å². The normalized spacial score (nSPS) is 18.4. The van der Waals surface area contributed by atoms with Gasteiger partial charge in [-0.15, -0.1) is 0 Å². The number of carboxylic acids is 2. The first kappa shape index (κ1) is 9.58. The van der Waals surface area contributed by atoms with Crippen LogP contribution in [0.1, 0.15) is 12.8 Å². The summed E-state index contributed by atoms with van der Waals surface area (Å²) < 4.78 is 27.7. The van der Waals surface area contributed by atoms with Crippen molar-refractivity contribution in [2.24, 2.45) is 11.4 Å². The largest absolute Gasteiger partial charge is 0.480 e. The fourth-order valence-corrected chi connectivity index (χ4v) is 2.84. The zero-order valence-corrected chi connectivity index (χ0v) is 10.0. The molecule has 0 amide bonds. The molecule has 0 bridgehead atoms. The van der Waals surface area contributed by atoms with Crippen molar-refractivity contribution in [2.75, 3.05) is 11.5 Å². The average molecular weight is 272 g/mol. The van der Waals surface area contributed by atoms with Gasteiger partial charge in [0.05, 0.1) is 0 Å². The summed E-state index contributed by atoms with van der Waals surface area (Å²) in [7, 11) is 2.62. The van der Waals surface area contributed by atoms with Crippen molar-refractivity contribution >= 4 is 33.5 Å². The Balaban J connectivity index is 3.81. The standard InChI is InChI=1S/C8H16N2O4S2/c9-5(7(11)12)1-3-15-16-4-2-6(10)8(13)14/h5-6H,1-4,9-10H2,(H,11,12)(H,13,14)/t5-,6-/m0/s1/i/hD4. The zero-order valence-electron chi connectivity index (χ0n) is 12.4. The summed E-state index contributed by atoms with van der Waals surface area (Å²) in [6, 6.07) is -2.38. The Morgan fingerprint density at radius 1 is 1.06 bits per heavy atom. The molecule has 6 N–H and O–H groups in total. The van der Waals surface area contributed by atoms with E-state index in [0.717, 1.165) is 0 Å². The summed E-state index contributed by atoms with van der Waals surface area (Å²) in [4.78, 5) is 21.4. The maximum absolute atomic E-state index is 10.7. The summed E-state index contributed by atoms with van der Waals surface area (Å²) in [5.74, 6) is -1.66. The number of aliphatic carboxylic acids is 2. The predicted molar refractivity (Wildman–Crippen MR) is 65.4 cm³/mol. The Morgan fingerprint density at radius 2 is 1.44 bits per heavy atom. The van der Waals surface area contributed by atoms with Gasteiger partial charge in [0.2, 0.25) is 0 Å². The van der Waals surface area contributed by atoms with E-state index in [4.69, 9.17) is 15.9 Å². The Kier molecular flexibility index (Phi) is 5.20. The number of carbonyl (C=O) groups is 2. The van der Waals surface area contributed by atoms with Crippen molar-refractivity contribution in [1.29, 1.82) is 0 Å². The molecule has 0 unspecified atom stereocenters. The van der Waals surface area contributed by atoms with E-state index >= 15 is 0 Å². The second kappa shape index (κ2) is 8.68. The van der Waals surface area contributed by atoms with Gasteiger partial charge in [-0.05, 0) is 12.8 Å². The highest BCUT2D eigenvalue weighted by atomic mass is 33.1. The van der Waals surface area contributed by atoms with Gasteiger partial charge in [0.1, 0.15) is 17.7 Å². The monoisotopic (exact) mass is 272 g/mol. The second-order valence-electron chi connectivity index (χ2n) is 2.93. The van der Waals surface area contributed by atoms with E-state index in [1.807, 2.05) is 0 Å². The fourth-order valence-electron chi connectivity index (χ4n) is 0.684. The van der Waals surface area contributed by atoms with Gasteiger partial charge in [-0.25, -0.2) is 0 Å². The van der Waals surface area contributed by atoms with E-state index in [-0.39, 0.29) is 24.3 Å². The van der Waals surface area contributed by atoms with E-state index < -0.39 is 24.0 Å². The summed E-state index contributed by atoms with van der Waals surface area (Å²) in [5.41, 5.74) is 0.290. The van der Waals surface area contributed by atoms with Crippen molar-refractivity contribution in [1.82, 2.24) is 0 Å². The van der Waals surface area contributed by atoms with E-state index in [0.29, 0.717) is 11.5 Å². The maximum atomic E-state index is 10.7. The van der Waals surface area contributed by atoms with Crippen LogP contribution in [0.25, 0.3) is 0 Å². The van der Waals surface area contributed by atoms with Gasteiger partial charge in [0, 0.05) is 11.5 Å². The molecule has 94 valence electrons. The van der Waals surface area contributed by atoms with Crippen LogP contribution in [0, 0.1) is 0 Å². The van der Waals surface area contributed by atoms with Gasteiger partial charge in [-0.2, -0.15) is 0 Å². The van der Waals surface area contributed by atoms with Gasteiger partial charge in [0.25, 0.3) is 0 Å². The van der Waals surface area contributed by atoms with Crippen molar-refractivity contribution in [2.45, 2.75) is 24.9 Å². The van der Waals surface area contributed by atoms with Gasteiger partial charge in [-0.3, -0.25) is 9.59 Å². The molecule has 0 radical (unpaired) electrons. The summed E-state index contributed by atoms with van der Waals surface area (Å²) >= 11 is 0. The summed E-state index contributed by atoms with van der Waals surface area (Å²) in [6.07, 6.45) is 0.261. The molecular weight excluding hydrogens is 252 g/mol. The fraction of sp³-hybridized carbons (Fsp3) is 0.750. The molecule has 0 aliphatic rings. The molecule has 0 rings (SSSR count). The average Bonchev–Trinajstić information content (AvgIpc) is 2.30. The molecule has 0 aromatic rings. The first-order chi connectivity index (χ1) is 9.27. The lowest BCUT2D eigenvalue weighted by Gasteiger charge is -2.06. The van der Waals surface area contributed by atoms with Gasteiger partial charge in [-0.1, -0.05) is 21.6 Å². The SMILES string of the molecule is [2H]N([2H])[C@@H](CCSSCC[C@@H](C(=O)O)N([2H])[2H])C(=O)O. The van der Waals surface area contributed by atoms with Crippen molar-refractivity contribution < 1.29 is 25.4 Å². The van der Waals surface area contributed by atoms with E-state index in [2.05, 4.69) is 0 Å². The highest BCUT2D eigenvalue weighted by Gasteiger charge is 2.12. The Bertz CT molecular complexity index is 295. The van der Waals surface area contributed by atoms with Crippen LogP contribution in [0.4, 0.5) is 0 Å². The van der Waals surface area contributed by atoms with E-state index in [9.17, 15) is 9.59 Å². The highest BCUT2D eigenvalue weighted by Crippen LogP contribution is 2.23. The minimum Gasteiger partial charge on any atom is -0.480 e. The number of nitrogens with two attached hydrogens (primary N) is 2. The third-order valence-corrected chi connectivity index (χ3v) is 4.07. The first-order valence-corrected chi connectivity index (χ1v) is 7.00. The Hall–Kier alpha value is -0.440. The van der Waals surface area contributed by atoms with E-state index in [1.54, 1.807) is 0 Å². The zero-order chi connectivity index (χ0) is 15.7. The quantitative estimate of drug-likeness (QED) is 0.305. The minimum absolute atomic E-state index is 0.130. The molecule has 0 saturated carbocycles. The van der Waals surface area contributed by atoms with Crippen molar-refractivity contribution in [3.63, 3.8) is 0 Å². The lowest BCUT2D eigenvalue weighted by molar-refractivity contribution is -0.139. The third kappa shape index (κ3) is 7.80. The molecule has 0 aliphatic heterocycles. The van der Waals surface area contributed by atoms with Crippen LogP contribution in [-0.2, 0) is 9.59 Å². The maximum Gasteiger partial charge on any atom is 0.320 e. The molecule has 16 heavy (non-hydrogen) atoms. The van der Waals surface area contributed by atoms with Gasteiger partial charge >= 0.3 is 11.9 Å². The van der Waals surface area contributed by atoms with Crippen LogP contribution < -0.4 is 11.4 Å². The van der Waals surface area contributed by atoms with Gasteiger partial charge < -0.3 is 21.7 Å². The van der Waals surface area contributed by atoms with E-state index in [1.165, 1.54) is 21.6 Å². The second-order valence-corrected chi connectivity index (χ2v) is 5.63. The molecule has 0 fully saturated rings. The lowest BCUT2D eigenvalue weighted by Crippen LogP contribution is -2.30. The Labute approximate surface area is 107 Å². The number of hydrogen-bond donors (Lipinski definition) is 4. The summed E-state index contributed by atoms with van der Waals surface area (Å²) in [5, 5.41) is 17.5. The molecule has 2 atom stereocenters. The van der Waals surface area contributed by atoms with Crippen molar-refractivity contribution in [3.05, 3.63) is 0 Å².